The fraction of sp³-hybridized carbons (Fsp3) is 0.802. The van der Waals surface area contributed by atoms with Crippen LogP contribution in [0.15, 0.2) is 137 Å². The van der Waals surface area contributed by atoms with Crippen LogP contribution in [0.25, 0.3) is 0 Å². The van der Waals surface area contributed by atoms with Crippen molar-refractivity contribution >= 4 is 0 Å². The Balaban J connectivity index is 0.000000817. The van der Waals surface area contributed by atoms with Gasteiger partial charge in [0.05, 0.1) is 58.1 Å². The lowest BCUT2D eigenvalue weighted by Crippen LogP contribution is -2.47. The van der Waals surface area contributed by atoms with Crippen molar-refractivity contribution in [2.75, 3.05) is 205 Å². The molecule has 0 atom stereocenters. The molecule has 4 fully saturated rings. The molecule has 8 aromatic rings. The summed E-state index contributed by atoms with van der Waals surface area (Å²) in [5.74, 6) is 9.74. The number of hydrogen-bond acceptors (Lipinski definition) is 20. The Morgan fingerprint density at radius 1 is 0.248 bits per heavy atom. The van der Waals surface area contributed by atoms with Gasteiger partial charge in [-0.25, -0.2) is 24.9 Å². The third-order valence-electron chi connectivity index (χ3n) is 26.6. The van der Waals surface area contributed by atoms with E-state index in [4.69, 9.17) is 19.3 Å². The van der Waals surface area contributed by atoms with Crippen LogP contribution in [0, 0.1) is 71.0 Å². The first-order valence-corrected chi connectivity index (χ1v) is 59.3. The van der Waals surface area contributed by atoms with Crippen molar-refractivity contribution in [3.05, 3.63) is 148 Å². The van der Waals surface area contributed by atoms with Gasteiger partial charge in [-0.3, -0.25) is 33.6 Å². The Kier molecular flexibility index (Phi) is 90.2. The Labute approximate surface area is 914 Å². The lowest BCUT2D eigenvalue weighted by molar-refractivity contribution is 0.0948. The van der Waals surface area contributed by atoms with Gasteiger partial charge in [0.2, 0.25) is 0 Å². The van der Waals surface area contributed by atoms with Crippen molar-refractivity contribution in [1.29, 1.82) is 0 Å². The number of H-pyrrole nitrogens is 2. The minimum Gasteiger partial charge on any atom is -0.395 e. The summed E-state index contributed by atoms with van der Waals surface area (Å²) in [4.78, 5) is 46.2. The first-order chi connectivity index (χ1) is 71.7. The Morgan fingerprint density at radius 3 is 0.812 bits per heavy atom. The third kappa shape index (κ3) is 90.2. The van der Waals surface area contributed by atoms with Crippen molar-refractivity contribution in [1.82, 2.24) is 117 Å². The van der Waals surface area contributed by atoms with Gasteiger partial charge < -0.3 is 62.6 Å². The molecule has 0 aliphatic carbocycles. The molecule has 0 spiro atoms. The van der Waals surface area contributed by atoms with Crippen LogP contribution in [0.1, 0.15) is 319 Å². The summed E-state index contributed by atoms with van der Waals surface area (Å²) in [7, 11) is 5.34. The molecule has 862 valence electrons. The average molecular weight is 2090 g/mol. The highest BCUT2D eigenvalue weighted by Crippen LogP contribution is 2.17. The number of β-amino-alcohol motifs (C(OH)–C–C–N with tert-alkyl or cyclic N) is 1. The second-order valence-corrected chi connectivity index (χ2v) is 46.5. The number of hydrogen-bond donors (Lipinski definition) is 3. The van der Waals surface area contributed by atoms with E-state index in [-0.39, 0.29) is 0 Å². The number of aromatic nitrogens is 16. The number of aliphatic hydroxyl groups excluding tert-OH is 1. The van der Waals surface area contributed by atoms with Crippen LogP contribution in [0.2, 0.25) is 0 Å². The van der Waals surface area contributed by atoms with Crippen molar-refractivity contribution in [2.45, 2.75) is 360 Å². The van der Waals surface area contributed by atoms with Crippen LogP contribution in [0.5, 0.6) is 0 Å². The molecular weight excluding hydrogens is 1850 g/mol. The van der Waals surface area contributed by atoms with Gasteiger partial charge in [0.25, 0.3) is 0 Å². The number of rotatable bonds is 57. The quantitative estimate of drug-likeness (QED) is 0.0300. The van der Waals surface area contributed by atoms with Crippen molar-refractivity contribution in [3.63, 3.8) is 0 Å². The number of imidazole rings is 5. The van der Waals surface area contributed by atoms with Crippen molar-refractivity contribution < 1.29 is 19.3 Å². The molecule has 0 bridgehead atoms. The smallest absolute Gasteiger partial charge is 0.0945 e. The molecule has 4 aliphatic heterocycles. The molecule has 0 unspecified atom stereocenters. The molecule has 12 rings (SSSR count). The van der Waals surface area contributed by atoms with E-state index < -0.39 is 0 Å². The highest BCUT2D eigenvalue weighted by atomic mass is 16.5. The lowest BCUT2D eigenvalue weighted by atomic mass is 10.1. The first-order valence-electron chi connectivity index (χ1n) is 59.3. The Bertz CT molecular complexity index is 3650. The third-order valence-corrected chi connectivity index (χ3v) is 26.6. The van der Waals surface area contributed by atoms with Crippen LogP contribution in [-0.4, -0.2) is 327 Å². The minimum atomic E-state index is 0.300. The minimum absolute atomic E-state index is 0.300. The number of aryl methyl sites for hydroxylation is 7. The van der Waals surface area contributed by atoms with Crippen LogP contribution in [0.3, 0.4) is 0 Å². The topological polar surface area (TPSA) is 238 Å². The second-order valence-electron chi connectivity index (χ2n) is 46.5. The largest absolute Gasteiger partial charge is 0.395 e. The van der Waals surface area contributed by atoms with E-state index in [2.05, 4.69) is 269 Å². The maximum atomic E-state index is 8.85. The number of piperazine rings is 4. The molecule has 4 aliphatic rings. The van der Waals surface area contributed by atoms with E-state index in [1.807, 2.05) is 138 Å². The predicted molar refractivity (Wildman–Crippen MR) is 632 cm³/mol. The number of aliphatic hydroxyl groups is 1. The standard InChI is InChI=1S/C14H30N2O.2C13H28N2O.C12H26N2O.2C10H18N2.2C9H16N2.3C8H14N2.C7H12N2/c1-14(2)6-4-5-7-15-8-10-16(11-9-15)12-13-17-3;1-13(2)5-4-6-14-7-9-15(10-8-14)11-12-16-3;1-13(2)5-3-4-6-14-7-9-15(10-8-14)11-12-16;1-12(2)4-5-13-6-8-14(9-7-13)10-11-15-3;1-10(2)6-3-4-8-12-9-5-7-11-12;1-10(2)5-3-4-7-12-8-6-11-9-12;1-9(2)5-3-7-11-8-4-6-10-11;1-9(2)4-3-6-11-7-5-10-8-11;1-8(2)3-5-10-6-4-9-7-10;1-8(2)4-7-10-6-3-5-9-10;1-7(2)3-4-8-5-9-6-10-8;1-6(2)3-7-4-8-5-9-7/h14H,4-13H2,1-3H3;13H,4-12H2,1-3H3;13,16H,3-12H2,1-2H3;12H,4-11H2,1-3H3;5,7,9-10H,3-4,6,8H2,1-2H3;6,8-10H,3-5,7H2,1-2H3;4,6,8-9H,3,5,7H2,1-2H3;5,7-9H,3-4,6H2,1-2H3;4,6-8H,3,5H2,1-2H3;3,5-6,8H,4,7H2,1-2H3;5-7H,3-4H2,1-2H3,(H,9,10);4-6H,3H2,1-2H3,(H,8,9). The predicted octanol–water partition coefficient (Wildman–Crippen LogP) is 24.0. The highest BCUT2D eigenvalue weighted by molar-refractivity contribution is 4.95. The zero-order valence-corrected chi connectivity index (χ0v) is 101. The molecule has 0 saturated carbocycles. The van der Waals surface area contributed by atoms with E-state index in [1.165, 1.54) is 270 Å². The molecule has 28 heteroatoms. The number of nitrogens with zero attached hydrogens (tertiary/aromatic N) is 22. The van der Waals surface area contributed by atoms with Crippen LogP contribution in [-0.2, 0) is 66.3 Å². The van der Waals surface area contributed by atoms with E-state index in [0.29, 0.717) is 12.5 Å². The lowest BCUT2D eigenvalue weighted by Gasteiger charge is -2.34. The number of aromatic amines is 2. The van der Waals surface area contributed by atoms with Gasteiger partial charge in [-0.15, -0.1) is 0 Å². The summed E-state index contributed by atoms with van der Waals surface area (Å²) in [5, 5.41) is 21.2. The molecule has 28 nitrogen and oxygen atoms in total. The summed E-state index contributed by atoms with van der Waals surface area (Å²) in [5.41, 5.74) is 2.47. The number of unbranched alkanes of at least 4 members (excludes halogenated alkanes) is 4. The summed E-state index contributed by atoms with van der Waals surface area (Å²) in [6.07, 6.45) is 67.0. The fourth-order valence-corrected chi connectivity index (χ4v) is 16.8. The Hall–Kier alpha value is -6.80. The van der Waals surface area contributed by atoms with E-state index in [0.717, 1.165) is 176 Å². The van der Waals surface area contributed by atoms with Gasteiger partial charge in [0, 0.05) is 290 Å². The molecule has 0 aromatic carbocycles. The number of methoxy groups -OCH3 is 3. The second kappa shape index (κ2) is 95.8. The monoisotopic (exact) mass is 2090 g/mol. The molecule has 4 saturated heterocycles. The van der Waals surface area contributed by atoms with Gasteiger partial charge >= 0.3 is 0 Å². The van der Waals surface area contributed by atoms with E-state index in [9.17, 15) is 0 Å². The van der Waals surface area contributed by atoms with Gasteiger partial charge in [-0.2, -0.15) is 15.3 Å². The molecule has 8 aromatic heterocycles. The summed E-state index contributed by atoms with van der Waals surface area (Å²) in [6, 6.07) is 5.90. The molecule has 149 heavy (non-hydrogen) atoms. The summed E-state index contributed by atoms with van der Waals surface area (Å²) >= 11 is 0. The molecule has 12 heterocycles. The maximum Gasteiger partial charge on any atom is 0.0945 e. The van der Waals surface area contributed by atoms with Crippen LogP contribution < -0.4 is 0 Å². The highest BCUT2D eigenvalue weighted by Gasteiger charge is 2.21. The van der Waals surface area contributed by atoms with Crippen molar-refractivity contribution in [2.24, 2.45) is 71.0 Å². The summed E-state index contributed by atoms with van der Waals surface area (Å²) in [6.45, 7) is 92.3. The normalized spacial score (nSPS) is 14.5. The molecular formula is C121H234N24O4. The Morgan fingerprint density at radius 2 is 0.510 bits per heavy atom. The zero-order chi connectivity index (χ0) is 110. The van der Waals surface area contributed by atoms with Gasteiger partial charge in [0.1, 0.15) is 0 Å². The number of nitrogens with one attached hydrogen (secondary N) is 2. The first kappa shape index (κ1) is 140. The van der Waals surface area contributed by atoms with Gasteiger partial charge in [0.15, 0.2) is 0 Å². The molecule has 0 radical (unpaired) electrons. The van der Waals surface area contributed by atoms with Gasteiger partial charge in [-0.05, 0) is 218 Å². The van der Waals surface area contributed by atoms with E-state index in [1.54, 1.807) is 34.0 Å². The molecule has 3 N–H and O–H groups in total. The average Bonchev–Trinajstić information content (AvgIpc) is 1.82. The van der Waals surface area contributed by atoms with E-state index >= 15 is 0 Å². The number of ether oxygens (including phenoxy) is 3. The fourth-order valence-electron chi connectivity index (χ4n) is 16.8. The zero-order valence-electron chi connectivity index (χ0n) is 101. The SMILES string of the molecule is CC(C)CCCCN1CCN(CCO)CC1.CC(C)CCCCn1cccn1.CC(C)CCCCn1ccnc1.CC(C)CCCn1cccn1.CC(C)CCCn1ccnc1.CC(C)CCc1cnc[nH]1.CC(C)CCn1cccn1.CC(C)CCn1ccnc1.CC(C)Cc1cnc[nH]1.COCCN1CCN(CCC(C)C)CC1.COCCN1CCN(CCCC(C)C)CC1.COCCN1CCN(CCCCC(C)C)CC1. The maximum absolute atomic E-state index is 8.85. The van der Waals surface area contributed by atoms with Crippen LogP contribution >= 0.6 is 0 Å². The van der Waals surface area contributed by atoms with Crippen molar-refractivity contribution in [3.8, 4) is 0 Å². The molecule has 0 amide bonds. The van der Waals surface area contributed by atoms with Crippen LogP contribution in [0.4, 0.5) is 0 Å². The van der Waals surface area contributed by atoms with Gasteiger partial charge in [-0.1, -0.05) is 218 Å². The summed E-state index contributed by atoms with van der Waals surface area (Å²) < 4.78 is 27.7.